The van der Waals surface area contributed by atoms with Crippen molar-refractivity contribution >= 4 is 15.9 Å². The zero-order chi connectivity index (χ0) is 15.1. The second-order valence-corrected chi connectivity index (χ2v) is 5.99. The van der Waals surface area contributed by atoms with Crippen LogP contribution in [0.5, 0.6) is 5.75 Å². The second kappa shape index (κ2) is 8.20. The summed E-state index contributed by atoms with van der Waals surface area (Å²) in [6, 6.07) is 17.1. The van der Waals surface area contributed by atoms with Gasteiger partial charge in [0.15, 0.2) is 0 Å². The minimum Gasteiger partial charge on any atom is -0.492 e. The predicted molar refractivity (Wildman–Crippen MR) is 91.9 cm³/mol. The van der Waals surface area contributed by atoms with Gasteiger partial charge < -0.3 is 10.1 Å². The SMILES string of the molecule is CCc1ccc(C(C)NCCOc2cccc(Br)c2)cc1. The van der Waals surface area contributed by atoms with E-state index >= 15 is 0 Å². The van der Waals surface area contributed by atoms with Gasteiger partial charge in [0.05, 0.1) is 0 Å². The van der Waals surface area contributed by atoms with Crippen molar-refractivity contribution in [2.75, 3.05) is 13.2 Å². The van der Waals surface area contributed by atoms with Gasteiger partial charge in [-0.25, -0.2) is 0 Å². The monoisotopic (exact) mass is 347 g/mol. The van der Waals surface area contributed by atoms with Crippen LogP contribution in [0.1, 0.15) is 31.0 Å². The average Bonchev–Trinajstić information content (AvgIpc) is 2.51. The Hall–Kier alpha value is -1.32. The van der Waals surface area contributed by atoms with Crippen LogP contribution >= 0.6 is 15.9 Å². The van der Waals surface area contributed by atoms with Crippen molar-refractivity contribution in [3.63, 3.8) is 0 Å². The van der Waals surface area contributed by atoms with Crippen molar-refractivity contribution in [2.24, 2.45) is 0 Å². The summed E-state index contributed by atoms with van der Waals surface area (Å²) in [5.41, 5.74) is 2.69. The fraction of sp³-hybridized carbons (Fsp3) is 0.333. The molecule has 0 fully saturated rings. The summed E-state index contributed by atoms with van der Waals surface area (Å²) in [7, 11) is 0. The van der Waals surface area contributed by atoms with Gasteiger partial charge in [-0.3, -0.25) is 0 Å². The topological polar surface area (TPSA) is 21.3 Å². The summed E-state index contributed by atoms with van der Waals surface area (Å²) in [6.07, 6.45) is 1.09. The van der Waals surface area contributed by atoms with Gasteiger partial charge in [0.1, 0.15) is 12.4 Å². The summed E-state index contributed by atoms with van der Waals surface area (Å²) in [5, 5.41) is 3.48. The summed E-state index contributed by atoms with van der Waals surface area (Å²) >= 11 is 3.44. The Balaban J connectivity index is 1.74. The van der Waals surface area contributed by atoms with E-state index < -0.39 is 0 Å². The van der Waals surface area contributed by atoms with Crippen molar-refractivity contribution in [1.82, 2.24) is 5.32 Å². The first kappa shape index (κ1) is 16.1. The second-order valence-electron chi connectivity index (χ2n) is 5.08. The number of hydrogen-bond donors (Lipinski definition) is 1. The highest BCUT2D eigenvalue weighted by molar-refractivity contribution is 9.10. The molecule has 3 heteroatoms. The van der Waals surface area contributed by atoms with Gasteiger partial charge in [0.25, 0.3) is 0 Å². The van der Waals surface area contributed by atoms with Crippen molar-refractivity contribution in [3.8, 4) is 5.75 Å². The van der Waals surface area contributed by atoms with E-state index in [0.29, 0.717) is 12.6 Å². The van der Waals surface area contributed by atoms with Crippen LogP contribution in [-0.2, 0) is 6.42 Å². The fourth-order valence-corrected chi connectivity index (χ4v) is 2.54. The number of nitrogens with one attached hydrogen (secondary N) is 1. The minimum absolute atomic E-state index is 0.335. The highest BCUT2D eigenvalue weighted by Crippen LogP contribution is 2.17. The first-order valence-corrected chi connectivity index (χ1v) is 8.19. The van der Waals surface area contributed by atoms with Crippen LogP contribution < -0.4 is 10.1 Å². The summed E-state index contributed by atoms with van der Waals surface area (Å²) in [6.45, 7) is 5.84. The molecule has 2 rings (SSSR count). The highest BCUT2D eigenvalue weighted by Gasteiger charge is 2.04. The molecule has 1 N–H and O–H groups in total. The molecular formula is C18H22BrNO. The molecule has 21 heavy (non-hydrogen) atoms. The molecule has 0 saturated carbocycles. The van der Waals surface area contributed by atoms with Crippen LogP contribution in [0.4, 0.5) is 0 Å². The molecular weight excluding hydrogens is 326 g/mol. The molecule has 0 saturated heterocycles. The maximum Gasteiger partial charge on any atom is 0.120 e. The third kappa shape index (κ3) is 5.18. The largest absolute Gasteiger partial charge is 0.492 e. The minimum atomic E-state index is 0.335. The van der Waals surface area contributed by atoms with E-state index in [2.05, 4.69) is 59.4 Å². The lowest BCUT2D eigenvalue weighted by Gasteiger charge is -2.15. The standard InChI is InChI=1S/C18H22BrNO/c1-3-15-7-9-16(10-8-15)14(2)20-11-12-21-18-6-4-5-17(19)13-18/h4-10,13-14,20H,3,11-12H2,1-2H3. The van der Waals surface area contributed by atoms with E-state index in [-0.39, 0.29) is 0 Å². The normalized spacial score (nSPS) is 12.1. The van der Waals surface area contributed by atoms with E-state index in [4.69, 9.17) is 4.74 Å². The molecule has 0 aliphatic carbocycles. The molecule has 0 bridgehead atoms. The maximum atomic E-state index is 5.72. The number of benzene rings is 2. The zero-order valence-corrected chi connectivity index (χ0v) is 14.2. The molecule has 0 aromatic heterocycles. The number of rotatable bonds is 7. The Labute approximate surface area is 135 Å². The van der Waals surface area contributed by atoms with Crippen LogP contribution in [0.2, 0.25) is 0 Å². The van der Waals surface area contributed by atoms with Crippen LogP contribution in [0.25, 0.3) is 0 Å². The Morgan fingerprint density at radius 3 is 2.57 bits per heavy atom. The van der Waals surface area contributed by atoms with Crippen molar-refractivity contribution in [1.29, 1.82) is 0 Å². The Bertz CT molecular complexity index is 553. The van der Waals surface area contributed by atoms with E-state index in [1.165, 1.54) is 11.1 Å². The average molecular weight is 348 g/mol. The first-order chi connectivity index (χ1) is 10.2. The van der Waals surface area contributed by atoms with Crippen molar-refractivity contribution in [3.05, 3.63) is 64.1 Å². The van der Waals surface area contributed by atoms with Crippen molar-refractivity contribution in [2.45, 2.75) is 26.3 Å². The van der Waals surface area contributed by atoms with Gasteiger partial charge in [-0.15, -0.1) is 0 Å². The number of halogens is 1. The Morgan fingerprint density at radius 2 is 1.90 bits per heavy atom. The molecule has 1 atom stereocenters. The third-order valence-electron chi connectivity index (χ3n) is 3.51. The Kier molecular flexibility index (Phi) is 6.27. The van der Waals surface area contributed by atoms with E-state index in [1.807, 2.05) is 24.3 Å². The van der Waals surface area contributed by atoms with E-state index in [9.17, 15) is 0 Å². The van der Waals surface area contributed by atoms with E-state index in [1.54, 1.807) is 0 Å². The summed E-state index contributed by atoms with van der Waals surface area (Å²) < 4.78 is 6.76. The number of ether oxygens (including phenoxy) is 1. The van der Waals surface area contributed by atoms with Gasteiger partial charge in [-0.1, -0.05) is 53.2 Å². The molecule has 2 nitrogen and oxygen atoms in total. The molecule has 2 aromatic carbocycles. The molecule has 2 aromatic rings. The van der Waals surface area contributed by atoms with E-state index in [0.717, 1.165) is 23.2 Å². The quantitative estimate of drug-likeness (QED) is 0.730. The summed E-state index contributed by atoms with van der Waals surface area (Å²) in [5.74, 6) is 0.895. The van der Waals surface area contributed by atoms with Crippen molar-refractivity contribution < 1.29 is 4.74 Å². The van der Waals surface area contributed by atoms with Crippen LogP contribution in [0.3, 0.4) is 0 Å². The molecule has 0 heterocycles. The molecule has 0 aliphatic rings. The lowest BCUT2D eigenvalue weighted by molar-refractivity contribution is 0.307. The Morgan fingerprint density at radius 1 is 1.14 bits per heavy atom. The molecule has 1 unspecified atom stereocenters. The van der Waals surface area contributed by atoms with Crippen LogP contribution in [-0.4, -0.2) is 13.2 Å². The third-order valence-corrected chi connectivity index (χ3v) is 4.00. The predicted octanol–water partition coefficient (Wildman–Crippen LogP) is 4.74. The molecule has 0 spiro atoms. The number of hydrogen-bond acceptors (Lipinski definition) is 2. The molecule has 0 amide bonds. The number of aryl methyl sites for hydroxylation is 1. The van der Waals surface area contributed by atoms with Gasteiger partial charge in [0, 0.05) is 17.1 Å². The van der Waals surface area contributed by atoms with Gasteiger partial charge >= 0.3 is 0 Å². The molecule has 0 radical (unpaired) electrons. The highest BCUT2D eigenvalue weighted by atomic mass is 79.9. The molecule has 112 valence electrons. The lowest BCUT2D eigenvalue weighted by atomic mass is 10.1. The van der Waals surface area contributed by atoms with Gasteiger partial charge in [-0.05, 0) is 42.7 Å². The summed E-state index contributed by atoms with van der Waals surface area (Å²) in [4.78, 5) is 0. The lowest BCUT2D eigenvalue weighted by Crippen LogP contribution is -2.24. The van der Waals surface area contributed by atoms with Crippen LogP contribution in [0.15, 0.2) is 53.0 Å². The smallest absolute Gasteiger partial charge is 0.120 e. The first-order valence-electron chi connectivity index (χ1n) is 7.39. The van der Waals surface area contributed by atoms with Crippen LogP contribution in [0, 0.1) is 0 Å². The maximum absolute atomic E-state index is 5.72. The van der Waals surface area contributed by atoms with Gasteiger partial charge in [0.2, 0.25) is 0 Å². The molecule has 0 aliphatic heterocycles. The van der Waals surface area contributed by atoms with Gasteiger partial charge in [-0.2, -0.15) is 0 Å². The zero-order valence-electron chi connectivity index (χ0n) is 12.6. The fourth-order valence-electron chi connectivity index (χ4n) is 2.16.